The van der Waals surface area contributed by atoms with Gasteiger partial charge in [-0.05, 0) is 24.2 Å². The van der Waals surface area contributed by atoms with Gasteiger partial charge < -0.3 is 10.1 Å². The monoisotopic (exact) mass is 257 g/mol. The highest BCUT2D eigenvalue weighted by Gasteiger charge is 2.41. The fourth-order valence-electron chi connectivity index (χ4n) is 2.04. The van der Waals surface area contributed by atoms with Crippen molar-refractivity contribution in [3.63, 3.8) is 0 Å². The highest BCUT2D eigenvalue weighted by molar-refractivity contribution is 5.75. The molecule has 18 heavy (non-hydrogen) atoms. The summed E-state index contributed by atoms with van der Waals surface area (Å²) in [7, 11) is 1.65. The lowest BCUT2D eigenvalue weighted by atomic mass is 9.69. The third-order valence-electron chi connectivity index (χ3n) is 3.48. The summed E-state index contributed by atoms with van der Waals surface area (Å²) < 4.78 is 6.08. The highest BCUT2D eigenvalue weighted by Crippen LogP contribution is 2.42. The molecule has 1 atom stereocenters. The molecule has 1 amide bonds. The molecule has 0 rings (SSSR count). The molecule has 0 saturated heterocycles. The Bertz CT molecular complexity index is 273. The normalized spacial score (nSPS) is 16.2. The predicted molar refractivity (Wildman–Crippen MR) is 76.6 cm³/mol. The van der Waals surface area contributed by atoms with Crippen molar-refractivity contribution in [1.82, 2.24) is 5.32 Å². The van der Waals surface area contributed by atoms with Gasteiger partial charge in [-0.1, -0.05) is 41.5 Å². The second kappa shape index (κ2) is 6.05. The number of carbonyl (C=O) groups is 1. The van der Waals surface area contributed by atoms with Gasteiger partial charge in [0.1, 0.15) is 0 Å². The molecule has 0 spiro atoms. The Balaban J connectivity index is 4.65. The van der Waals surface area contributed by atoms with Crippen molar-refractivity contribution in [1.29, 1.82) is 0 Å². The summed E-state index contributed by atoms with van der Waals surface area (Å²) in [5.41, 5.74) is 0.0251. The van der Waals surface area contributed by atoms with E-state index in [0.29, 0.717) is 13.0 Å². The zero-order chi connectivity index (χ0) is 14.6. The molecule has 0 aromatic heterocycles. The number of ether oxygens (including phenoxy) is 1. The van der Waals surface area contributed by atoms with E-state index >= 15 is 0 Å². The van der Waals surface area contributed by atoms with Gasteiger partial charge in [-0.2, -0.15) is 0 Å². The lowest BCUT2D eigenvalue weighted by Gasteiger charge is -2.45. The molecule has 0 aromatic carbocycles. The smallest absolute Gasteiger partial charge is 0.222 e. The fraction of sp³-hybridized carbons (Fsp3) is 0.933. The average molecular weight is 257 g/mol. The van der Waals surface area contributed by atoms with Gasteiger partial charge >= 0.3 is 0 Å². The first-order valence-corrected chi connectivity index (χ1v) is 6.76. The number of rotatable bonds is 5. The van der Waals surface area contributed by atoms with Crippen LogP contribution < -0.4 is 5.32 Å². The summed E-state index contributed by atoms with van der Waals surface area (Å²) in [5, 5.41) is 2.62. The van der Waals surface area contributed by atoms with Crippen molar-refractivity contribution in [3.8, 4) is 0 Å². The standard InChI is InChI=1S/C15H31NO2/c1-13(2,3)11-15(7,14(4,5)6)18-10-9-12(17)16-8/h9-11H2,1-8H3,(H,16,17). The van der Waals surface area contributed by atoms with Crippen LogP contribution in [0.4, 0.5) is 0 Å². The minimum Gasteiger partial charge on any atom is -0.374 e. The van der Waals surface area contributed by atoms with Crippen LogP contribution >= 0.6 is 0 Å². The summed E-state index contributed by atoms with van der Waals surface area (Å²) >= 11 is 0. The minimum atomic E-state index is -0.223. The van der Waals surface area contributed by atoms with Crippen LogP contribution in [0.5, 0.6) is 0 Å². The van der Waals surface area contributed by atoms with Gasteiger partial charge in [0.15, 0.2) is 0 Å². The van der Waals surface area contributed by atoms with E-state index < -0.39 is 0 Å². The van der Waals surface area contributed by atoms with Gasteiger partial charge in [0.25, 0.3) is 0 Å². The summed E-state index contributed by atoms with van der Waals surface area (Å²) in [6.45, 7) is 15.9. The van der Waals surface area contributed by atoms with Crippen molar-refractivity contribution >= 4 is 5.91 Å². The van der Waals surface area contributed by atoms with E-state index in [2.05, 4.69) is 53.8 Å². The zero-order valence-electron chi connectivity index (χ0n) is 13.4. The second-order valence-electron chi connectivity index (χ2n) is 7.49. The molecular formula is C15H31NO2. The SMILES string of the molecule is CNC(=O)CCOC(C)(CC(C)(C)C)C(C)(C)C. The van der Waals surface area contributed by atoms with Gasteiger partial charge in [-0.3, -0.25) is 4.79 Å². The summed E-state index contributed by atoms with van der Waals surface area (Å²) in [6, 6.07) is 0. The highest BCUT2D eigenvalue weighted by atomic mass is 16.5. The summed E-state index contributed by atoms with van der Waals surface area (Å²) in [4.78, 5) is 11.2. The van der Waals surface area contributed by atoms with Crippen molar-refractivity contribution < 1.29 is 9.53 Å². The maximum absolute atomic E-state index is 11.2. The Hall–Kier alpha value is -0.570. The van der Waals surface area contributed by atoms with Crippen molar-refractivity contribution in [2.45, 2.75) is 66.9 Å². The maximum atomic E-state index is 11.2. The molecule has 108 valence electrons. The maximum Gasteiger partial charge on any atom is 0.222 e. The van der Waals surface area contributed by atoms with E-state index in [-0.39, 0.29) is 22.3 Å². The van der Waals surface area contributed by atoms with Crippen LogP contribution in [0.2, 0.25) is 0 Å². The van der Waals surface area contributed by atoms with Gasteiger partial charge in [-0.25, -0.2) is 0 Å². The Morgan fingerprint density at radius 2 is 1.56 bits per heavy atom. The first-order valence-electron chi connectivity index (χ1n) is 6.76. The molecule has 0 saturated carbocycles. The number of carbonyl (C=O) groups excluding carboxylic acids is 1. The quantitative estimate of drug-likeness (QED) is 0.820. The van der Waals surface area contributed by atoms with Crippen LogP contribution in [0.3, 0.4) is 0 Å². The molecule has 0 aliphatic heterocycles. The molecular weight excluding hydrogens is 226 g/mol. The summed E-state index contributed by atoms with van der Waals surface area (Å²) in [5.74, 6) is 0.0296. The molecule has 3 heteroatoms. The Kier molecular flexibility index (Phi) is 5.86. The van der Waals surface area contributed by atoms with Crippen LogP contribution in [-0.4, -0.2) is 25.2 Å². The molecule has 0 aliphatic carbocycles. The number of nitrogens with one attached hydrogen (secondary N) is 1. The van der Waals surface area contributed by atoms with E-state index in [0.717, 1.165) is 6.42 Å². The van der Waals surface area contributed by atoms with E-state index in [9.17, 15) is 4.79 Å². The molecule has 0 fully saturated rings. The van der Waals surface area contributed by atoms with Gasteiger partial charge in [0.05, 0.1) is 12.2 Å². The fourth-order valence-corrected chi connectivity index (χ4v) is 2.04. The molecule has 0 heterocycles. The molecule has 0 aliphatic rings. The predicted octanol–water partition coefficient (Wildman–Crippen LogP) is 3.38. The van der Waals surface area contributed by atoms with Crippen molar-refractivity contribution in [2.75, 3.05) is 13.7 Å². The zero-order valence-corrected chi connectivity index (χ0v) is 13.4. The minimum absolute atomic E-state index is 0.0296. The molecule has 1 unspecified atom stereocenters. The largest absolute Gasteiger partial charge is 0.374 e. The first kappa shape index (κ1) is 17.4. The number of hydrogen-bond acceptors (Lipinski definition) is 2. The van der Waals surface area contributed by atoms with Gasteiger partial charge in [0.2, 0.25) is 5.91 Å². The van der Waals surface area contributed by atoms with Gasteiger partial charge in [-0.15, -0.1) is 0 Å². The average Bonchev–Trinajstić information content (AvgIpc) is 2.12. The van der Waals surface area contributed by atoms with Crippen LogP contribution in [0.1, 0.15) is 61.3 Å². The van der Waals surface area contributed by atoms with Crippen LogP contribution in [-0.2, 0) is 9.53 Å². The van der Waals surface area contributed by atoms with Crippen LogP contribution in [0.15, 0.2) is 0 Å². The topological polar surface area (TPSA) is 38.3 Å². The third kappa shape index (κ3) is 5.85. The Morgan fingerprint density at radius 3 is 1.89 bits per heavy atom. The van der Waals surface area contributed by atoms with E-state index in [4.69, 9.17) is 4.74 Å². The lowest BCUT2D eigenvalue weighted by Crippen LogP contribution is -2.46. The van der Waals surface area contributed by atoms with Gasteiger partial charge in [0, 0.05) is 13.5 Å². The molecule has 0 aromatic rings. The van der Waals surface area contributed by atoms with Crippen LogP contribution in [0, 0.1) is 10.8 Å². The lowest BCUT2D eigenvalue weighted by molar-refractivity contribution is -0.136. The number of hydrogen-bond donors (Lipinski definition) is 1. The molecule has 3 nitrogen and oxygen atoms in total. The van der Waals surface area contributed by atoms with E-state index in [1.54, 1.807) is 7.05 Å². The Labute approximate surface area is 113 Å². The van der Waals surface area contributed by atoms with E-state index in [1.165, 1.54) is 0 Å². The van der Waals surface area contributed by atoms with Crippen molar-refractivity contribution in [3.05, 3.63) is 0 Å². The van der Waals surface area contributed by atoms with Crippen LogP contribution in [0.25, 0.3) is 0 Å². The number of amides is 1. The second-order valence-corrected chi connectivity index (χ2v) is 7.49. The Morgan fingerprint density at radius 1 is 1.06 bits per heavy atom. The van der Waals surface area contributed by atoms with E-state index in [1.807, 2.05) is 0 Å². The summed E-state index contributed by atoms with van der Waals surface area (Å²) in [6.07, 6.45) is 1.39. The first-order chi connectivity index (χ1) is 7.91. The third-order valence-corrected chi connectivity index (χ3v) is 3.48. The molecule has 0 radical (unpaired) electrons. The molecule has 1 N–H and O–H groups in total. The van der Waals surface area contributed by atoms with Crippen molar-refractivity contribution in [2.24, 2.45) is 10.8 Å². The molecule has 0 bridgehead atoms.